The third-order valence-corrected chi connectivity index (χ3v) is 5.35. The van der Waals surface area contributed by atoms with Gasteiger partial charge in [0.05, 0.1) is 13.2 Å². The number of carbonyl (C=O) groups is 2. The van der Waals surface area contributed by atoms with Crippen molar-refractivity contribution >= 4 is 11.9 Å². The first-order valence-electron chi connectivity index (χ1n) is 9.36. The van der Waals surface area contributed by atoms with Crippen molar-refractivity contribution in [1.82, 2.24) is 20.0 Å². The molecule has 1 N–H and O–H groups in total. The molecular weight excluding hydrogens is 308 g/mol. The summed E-state index contributed by atoms with van der Waals surface area (Å²) >= 11 is 0. The second-order valence-corrected chi connectivity index (χ2v) is 7.00. The van der Waals surface area contributed by atoms with Crippen LogP contribution in [0.25, 0.3) is 0 Å². The van der Waals surface area contributed by atoms with Crippen LogP contribution in [0.5, 0.6) is 0 Å². The monoisotopic (exact) mass is 338 g/mol. The van der Waals surface area contributed by atoms with Crippen LogP contribution < -0.4 is 5.32 Å². The van der Waals surface area contributed by atoms with E-state index in [1.807, 2.05) is 9.80 Å². The van der Waals surface area contributed by atoms with Crippen molar-refractivity contribution in [3.8, 4) is 0 Å². The molecule has 0 unspecified atom stereocenters. The fraction of sp³-hybridized carbons (Fsp3) is 0.882. The molecule has 7 nitrogen and oxygen atoms in total. The van der Waals surface area contributed by atoms with E-state index in [4.69, 9.17) is 4.74 Å². The zero-order chi connectivity index (χ0) is 16.8. The molecular formula is C17H30N4O3. The minimum atomic E-state index is 0.0438. The standard InChI is InChI=1S/C17H30N4O3/c22-16(5-6-19-11-13-24-14-12-19)20-7-9-21(10-8-20)17(23)18-15-3-1-2-4-15/h15H,1-14H2,(H,18,23). The Morgan fingerprint density at radius 1 is 0.917 bits per heavy atom. The third kappa shape index (κ3) is 4.83. The molecule has 3 rings (SSSR count). The van der Waals surface area contributed by atoms with Crippen LogP contribution in [0.3, 0.4) is 0 Å². The number of piperazine rings is 1. The molecule has 0 radical (unpaired) electrons. The van der Waals surface area contributed by atoms with E-state index in [0.717, 1.165) is 45.7 Å². The molecule has 1 saturated carbocycles. The first-order valence-corrected chi connectivity index (χ1v) is 9.36. The van der Waals surface area contributed by atoms with Crippen LogP contribution in [-0.4, -0.2) is 91.7 Å². The number of urea groups is 1. The molecule has 136 valence electrons. The highest BCUT2D eigenvalue weighted by Crippen LogP contribution is 2.18. The molecule has 3 fully saturated rings. The molecule has 0 spiro atoms. The highest BCUT2D eigenvalue weighted by Gasteiger charge is 2.26. The number of carbonyl (C=O) groups excluding carboxylic acids is 2. The summed E-state index contributed by atoms with van der Waals surface area (Å²) in [6.45, 7) is 6.77. The summed E-state index contributed by atoms with van der Waals surface area (Å²) in [6.07, 6.45) is 5.21. The van der Waals surface area contributed by atoms with Gasteiger partial charge in [0.15, 0.2) is 0 Å². The zero-order valence-corrected chi connectivity index (χ0v) is 14.5. The van der Waals surface area contributed by atoms with Crippen LogP contribution in [0.1, 0.15) is 32.1 Å². The largest absolute Gasteiger partial charge is 0.379 e. The number of morpholine rings is 1. The predicted octanol–water partition coefficient (Wildman–Crippen LogP) is 0.505. The summed E-state index contributed by atoms with van der Waals surface area (Å²) in [6, 6.07) is 0.396. The van der Waals surface area contributed by atoms with Gasteiger partial charge in [-0.1, -0.05) is 12.8 Å². The minimum absolute atomic E-state index is 0.0438. The van der Waals surface area contributed by atoms with Crippen LogP contribution in [0.4, 0.5) is 4.79 Å². The maximum absolute atomic E-state index is 12.3. The molecule has 0 atom stereocenters. The van der Waals surface area contributed by atoms with Crippen LogP contribution in [-0.2, 0) is 9.53 Å². The smallest absolute Gasteiger partial charge is 0.317 e. The van der Waals surface area contributed by atoms with Gasteiger partial charge in [0.1, 0.15) is 0 Å². The summed E-state index contributed by atoms with van der Waals surface area (Å²) in [5.74, 6) is 0.206. The van der Waals surface area contributed by atoms with E-state index < -0.39 is 0 Å². The van der Waals surface area contributed by atoms with Gasteiger partial charge in [-0.2, -0.15) is 0 Å². The summed E-state index contributed by atoms with van der Waals surface area (Å²) in [5.41, 5.74) is 0. The summed E-state index contributed by atoms with van der Waals surface area (Å²) in [5, 5.41) is 3.13. The molecule has 2 saturated heterocycles. The topological polar surface area (TPSA) is 65.1 Å². The normalized spacial score (nSPS) is 23.5. The molecule has 0 bridgehead atoms. The van der Waals surface area contributed by atoms with Gasteiger partial charge in [-0.15, -0.1) is 0 Å². The van der Waals surface area contributed by atoms with Crippen molar-refractivity contribution in [2.45, 2.75) is 38.1 Å². The predicted molar refractivity (Wildman–Crippen MR) is 90.8 cm³/mol. The fourth-order valence-corrected chi connectivity index (χ4v) is 3.73. The van der Waals surface area contributed by atoms with Gasteiger partial charge in [0.25, 0.3) is 0 Å². The Morgan fingerprint density at radius 3 is 2.21 bits per heavy atom. The van der Waals surface area contributed by atoms with Crippen LogP contribution in [0, 0.1) is 0 Å². The summed E-state index contributed by atoms with van der Waals surface area (Å²) in [4.78, 5) is 30.6. The van der Waals surface area contributed by atoms with Gasteiger partial charge in [-0.3, -0.25) is 9.69 Å². The van der Waals surface area contributed by atoms with Gasteiger partial charge >= 0.3 is 6.03 Å². The van der Waals surface area contributed by atoms with Gasteiger partial charge < -0.3 is 19.9 Å². The molecule has 3 amide bonds. The van der Waals surface area contributed by atoms with Crippen molar-refractivity contribution in [3.05, 3.63) is 0 Å². The molecule has 1 aliphatic carbocycles. The summed E-state index contributed by atoms with van der Waals surface area (Å²) < 4.78 is 5.32. The van der Waals surface area contributed by atoms with Crippen molar-refractivity contribution in [2.75, 3.05) is 59.0 Å². The highest BCUT2D eigenvalue weighted by molar-refractivity contribution is 5.78. The van der Waals surface area contributed by atoms with Crippen LogP contribution >= 0.6 is 0 Å². The lowest BCUT2D eigenvalue weighted by molar-refractivity contribution is -0.133. The third-order valence-electron chi connectivity index (χ3n) is 5.35. The van der Waals surface area contributed by atoms with Gasteiger partial charge in [-0.25, -0.2) is 4.79 Å². The Labute approximate surface area is 144 Å². The van der Waals surface area contributed by atoms with Crippen molar-refractivity contribution in [1.29, 1.82) is 0 Å². The molecule has 0 aromatic heterocycles. The second kappa shape index (κ2) is 8.67. The molecule has 0 aromatic carbocycles. The number of nitrogens with zero attached hydrogens (tertiary/aromatic N) is 3. The highest BCUT2D eigenvalue weighted by atomic mass is 16.5. The number of hydrogen-bond acceptors (Lipinski definition) is 4. The van der Waals surface area contributed by atoms with E-state index >= 15 is 0 Å². The van der Waals surface area contributed by atoms with E-state index in [1.54, 1.807) is 0 Å². The second-order valence-electron chi connectivity index (χ2n) is 7.00. The fourth-order valence-electron chi connectivity index (χ4n) is 3.73. The van der Waals surface area contributed by atoms with E-state index in [9.17, 15) is 9.59 Å². The number of hydrogen-bond donors (Lipinski definition) is 1. The van der Waals surface area contributed by atoms with Gasteiger partial charge in [0.2, 0.25) is 5.91 Å². The molecule has 3 aliphatic rings. The Balaban J connectivity index is 1.34. The van der Waals surface area contributed by atoms with Crippen molar-refractivity contribution in [2.24, 2.45) is 0 Å². The number of ether oxygens (including phenoxy) is 1. The lowest BCUT2D eigenvalue weighted by Crippen LogP contribution is -2.54. The number of rotatable bonds is 4. The lowest BCUT2D eigenvalue weighted by Gasteiger charge is -2.36. The average Bonchev–Trinajstić information content (AvgIpc) is 3.13. The molecule has 24 heavy (non-hydrogen) atoms. The van der Waals surface area contributed by atoms with E-state index in [0.29, 0.717) is 38.6 Å². The zero-order valence-electron chi connectivity index (χ0n) is 14.5. The van der Waals surface area contributed by atoms with E-state index in [1.165, 1.54) is 12.8 Å². The first kappa shape index (κ1) is 17.5. The molecule has 0 aromatic rings. The Morgan fingerprint density at radius 2 is 1.54 bits per heavy atom. The average molecular weight is 338 g/mol. The first-order chi connectivity index (χ1) is 11.7. The van der Waals surface area contributed by atoms with E-state index in [2.05, 4.69) is 10.2 Å². The number of amides is 3. The van der Waals surface area contributed by atoms with Crippen LogP contribution in [0.2, 0.25) is 0 Å². The lowest BCUT2D eigenvalue weighted by atomic mass is 10.2. The molecule has 7 heteroatoms. The van der Waals surface area contributed by atoms with Crippen molar-refractivity contribution < 1.29 is 14.3 Å². The van der Waals surface area contributed by atoms with Gasteiger partial charge in [-0.05, 0) is 12.8 Å². The van der Waals surface area contributed by atoms with Gasteiger partial charge in [0, 0.05) is 58.3 Å². The Hall–Kier alpha value is -1.34. The summed E-state index contributed by atoms with van der Waals surface area (Å²) in [7, 11) is 0. The quantitative estimate of drug-likeness (QED) is 0.811. The Bertz CT molecular complexity index is 426. The Kier molecular flexibility index (Phi) is 6.31. The maximum atomic E-state index is 12.3. The van der Waals surface area contributed by atoms with E-state index in [-0.39, 0.29) is 11.9 Å². The number of nitrogens with one attached hydrogen (secondary N) is 1. The minimum Gasteiger partial charge on any atom is -0.379 e. The van der Waals surface area contributed by atoms with Crippen LogP contribution in [0.15, 0.2) is 0 Å². The molecule has 2 aliphatic heterocycles. The SMILES string of the molecule is O=C(CCN1CCOCC1)N1CCN(C(=O)NC2CCCC2)CC1. The molecule has 2 heterocycles. The maximum Gasteiger partial charge on any atom is 0.317 e. The van der Waals surface area contributed by atoms with Crippen molar-refractivity contribution in [3.63, 3.8) is 0 Å².